The van der Waals surface area contributed by atoms with Crippen LogP contribution >= 0.6 is 0 Å². The lowest BCUT2D eigenvalue weighted by Gasteiger charge is -2.18. The molecule has 0 saturated heterocycles. The molecule has 18 heavy (non-hydrogen) atoms. The Balaban J connectivity index is 1.86. The fourth-order valence-electron chi connectivity index (χ4n) is 2.36. The summed E-state index contributed by atoms with van der Waals surface area (Å²) in [5.41, 5.74) is 4.72. The number of rotatable bonds is 2. The number of aromatic nitrogens is 1. The number of pyridine rings is 1. The van der Waals surface area contributed by atoms with Crippen molar-refractivity contribution in [3.63, 3.8) is 0 Å². The van der Waals surface area contributed by atoms with E-state index in [0.29, 0.717) is 5.84 Å². The van der Waals surface area contributed by atoms with Crippen LogP contribution in [-0.2, 0) is 13.1 Å². The lowest BCUT2D eigenvalue weighted by molar-refractivity contribution is 0.421. The van der Waals surface area contributed by atoms with E-state index in [2.05, 4.69) is 22.9 Å². The summed E-state index contributed by atoms with van der Waals surface area (Å²) >= 11 is 0. The van der Waals surface area contributed by atoms with E-state index in [4.69, 9.17) is 5.41 Å². The van der Waals surface area contributed by atoms with Crippen molar-refractivity contribution in [2.75, 3.05) is 0 Å². The minimum atomic E-state index is 0.627. The Morgan fingerprint density at radius 1 is 1.28 bits per heavy atom. The maximum atomic E-state index is 8.22. The first-order valence-corrected chi connectivity index (χ1v) is 6.07. The highest BCUT2D eigenvalue weighted by molar-refractivity contribution is 6.00. The molecule has 2 aromatic rings. The molecule has 90 valence electrons. The molecule has 1 aromatic carbocycles. The normalized spacial score (nSPS) is 13.8. The number of nitrogens with one attached hydrogen (secondary N) is 1. The average molecular weight is 237 g/mol. The Kier molecular flexibility index (Phi) is 2.59. The van der Waals surface area contributed by atoms with Crippen LogP contribution in [0.2, 0.25) is 0 Å². The van der Waals surface area contributed by atoms with E-state index in [0.717, 1.165) is 18.7 Å². The minimum absolute atomic E-state index is 0.627. The fraction of sp³-hybridized carbons (Fsp3) is 0.200. The third-order valence-corrected chi connectivity index (χ3v) is 3.45. The highest BCUT2D eigenvalue weighted by Gasteiger charge is 2.23. The van der Waals surface area contributed by atoms with E-state index in [9.17, 15) is 0 Å². The number of benzene rings is 1. The molecule has 3 rings (SSSR count). The second kappa shape index (κ2) is 4.26. The van der Waals surface area contributed by atoms with Gasteiger partial charge in [-0.25, -0.2) is 0 Å². The monoisotopic (exact) mass is 237 g/mol. The van der Waals surface area contributed by atoms with Gasteiger partial charge in [0.05, 0.1) is 0 Å². The quantitative estimate of drug-likeness (QED) is 0.872. The summed E-state index contributed by atoms with van der Waals surface area (Å²) in [6.07, 6.45) is 3.69. The predicted octanol–water partition coefficient (Wildman–Crippen LogP) is 2.73. The van der Waals surface area contributed by atoms with Gasteiger partial charge in [0.2, 0.25) is 0 Å². The lowest BCUT2D eigenvalue weighted by atomic mass is 10.1. The number of hydrogen-bond donors (Lipinski definition) is 1. The van der Waals surface area contributed by atoms with Crippen LogP contribution in [0.4, 0.5) is 0 Å². The highest BCUT2D eigenvalue weighted by Crippen LogP contribution is 2.24. The second-order valence-corrected chi connectivity index (χ2v) is 4.66. The van der Waals surface area contributed by atoms with Crippen molar-refractivity contribution in [1.29, 1.82) is 5.41 Å². The standard InChI is InChI=1S/C15H15N3/c1-11-8-17-7-6-12(11)9-18-10-13-4-2-3-5-14(13)15(18)16/h2-8,16H,9-10H2,1H3. The molecular weight excluding hydrogens is 222 g/mol. The zero-order valence-corrected chi connectivity index (χ0v) is 10.4. The van der Waals surface area contributed by atoms with E-state index >= 15 is 0 Å². The second-order valence-electron chi connectivity index (χ2n) is 4.66. The van der Waals surface area contributed by atoms with Gasteiger partial charge in [0.1, 0.15) is 5.84 Å². The molecule has 1 N–H and O–H groups in total. The summed E-state index contributed by atoms with van der Waals surface area (Å²) in [5, 5.41) is 8.22. The molecule has 0 spiro atoms. The Bertz CT molecular complexity index is 604. The third kappa shape index (κ3) is 1.78. The number of amidine groups is 1. The van der Waals surface area contributed by atoms with Crippen molar-refractivity contribution in [2.24, 2.45) is 0 Å². The first-order chi connectivity index (χ1) is 8.75. The van der Waals surface area contributed by atoms with E-state index < -0.39 is 0 Å². The van der Waals surface area contributed by atoms with Crippen molar-refractivity contribution in [3.8, 4) is 0 Å². The van der Waals surface area contributed by atoms with Crippen LogP contribution in [0.5, 0.6) is 0 Å². The molecule has 3 nitrogen and oxygen atoms in total. The van der Waals surface area contributed by atoms with Crippen LogP contribution in [0.1, 0.15) is 22.3 Å². The van der Waals surface area contributed by atoms with Crippen LogP contribution in [0, 0.1) is 12.3 Å². The summed E-state index contributed by atoms with van der Waals surface area (Å²) in [7, 11) is 0. The number of hydrogen-bond acceptors (Lipinski definition) is 2. The van der Waals surface area contributed by atoms with Gasteiger partial charge in [-0.05, 0) is 29.7 Å². The largest absolute Gasteiger partial charge is 0.348 e. The molecule has 0 atom stereocenters. The third-order valence-electron chi connectivity index (χ3n) is 3.45. The van der Waals surface area contributed by atoms with E-state index in [-0.39, 0.29) is 0 Å². The molecular formula is C15H15N3. The Morgan fingerprint density at radius 2 is 2.11 bits per heavy atom. The smallest absolute Gasteiger partial charge is 0.129 e. The van der Waals surface area contributed by atoms with E-state index in [1.807, 2.05) is 36.7 Å². The summed E-state index contributed by atoms with van der Waals surface area (Å²) in [5.74, 6) is 0.627. The van der Waals surface area contributed by atoms with Gasteiger partial charge in [-0.1, -0.05) is 24.3 Å². The van der Waals surface area contributed by atoms with Crippen LogP contribution in [0.25, 0.3) is 0 Å². The van der Waals surface area contributed by atoms with Gasteiger partial charge in [0.15, 0.2) is 0 Å². The molecule has 0 aliphatic carbocycles. The first kappa shape index (κ1) is 11.0. The number of aryl methyl sites for hydroxylation is 1. The Morgan fingerprint density at radius 3 is 2.89 bits per heavy atom. The van der Waals surface area contributed by atoms with Gasteiger partial charge in [0, 0.05) is 31.0 Å². The number of nitrogens with zero attached hydrogens (tertiary/aromatic N) is 2. The summed E-state index contributed by atoms with van der Waals surface area (Å²) in [6.45, 7) is 3.67. The molecule has 0 amide bonds. The average Bonchev–Trinajstić information content (AvgIpc) is 2.70. The molecule has 2 heterocycles. The zero-order chi connectivity index (χ0) is 12.5. The summed E-state index contributed by atoms with van der Waals surface area (Å²) in [4.78, 5) is 6.21. The maximum absolute atomic E-state index is 8.22. The summed E-state index contributed by atoms with van der Waals surface area (Å²) in [6, 6.07) is 10.2. The van der Waals surface area contributed by atoms with Crippen LogP contribution in [0.15, 0.2) is 42.7 Å². The highest BCUT2D eigenvalue weighted by atomic mass is 15.2. The first-order valence-electron chi connectivity index (χ1n) is 6.07. The van der Waals surface area contributed by atoms with E-state index in [1.165, 1.54) is 16.7 Å². The Labute approximate surface area is 107 Å². The van der Waals surface area contributed by atoms with Gasteiger partial charge in [-0.3, -0.25) is 10.4 Å². The SMILES string of the molecule is Cc1cnccc1CN1Cc2ccccc2C1=N. The molecule has 1 aliphatic rings. The molecule has 3 heteroatoms. The van der Waals surface area contributed by atoms with Crippen LogP contribution < -0.4 is 0 Å². The molecule has 0 unspecified atom stereocenters. The van der Waals surface area contributed by atoms with Gasteiger partial charge < -0.3 is 4.90 Å². The van der Waals surface area contributed by atoms with Crippen molar-refractivity contribution < 1.29 is 0 Å². The fourth-order valence-corrected chi connectivity index (χ4v) is 2.36. The van der Waals surface area contributed by atoms with E-state index in [1.54, 1.807) is 0 Å². The molecule has 0 radical (unpaired) electrons. The van der Waals surface area contributed by atoms with Gasteiger partial charge >= 0.3 is 0 Å². The summed E-state index contributed by atoms with van der Waals surface area (Å²) < 4.78 is 0. The van der Waals surface area contributed by atoms with Gasteiger partial charge in [-0.15, -0.1) is 0 Å². The molecule has 1 aromatic heterocycles. The van der Waals surface area contributed by atoms with Crippen LogP contribution in [0.3, 0.4) is 0 Å². The van der Waals surface area contributed by atoms with Gasteiger partial charge in [-0.2, -0.15) is 0 Å². The van der Waals surface area contributed by atoms with Crippen LogP contribution in [-0.4, -0.2) is 15.7 Å². The van der Waals surface area contributed by atoms with Crippen molar-refractivity contribution >= 4 is 5.84 Å². The van der Waals surface area contributed by atoms with Crippen molar-refractivity contribution in [3.05, 3.63) is 65.0 Å². The van der Waals surface area contributed by atoms with Gasteiger partial charge in [0.25, 0.3) is 0 Å². The Hall–Kier alpha value is -2.16. The molecule has 0 bridgehead atoms. The maximum Gasteiger partial charge on any atom is 0.129 e. The van der Waals surface area contributed by atoms with Crippen molar-refractivity contribution in [1.82, 2.24) is 9.88 Å². The molecule has 0 saturated carbocycles. The number of fused-ring (bicyclic) bond motifs is 1. The predicted molar refractivity (Wildman–Crippen MR) is 71.5 cm³/mol. The molecule has 0 fully saturated rings. The zero-order valence-electron chi connectivity index (χ0n) is 10.4. The molecule has 1 aliphatic heterocycles. The minimum Gasteiger partial charge on any atom is -0.348 e. The lowest BCUT2D eigenvalue weighted by Crippen LogP contribution is -2.23. The van der Waals surface area contributed by atoms with Crippen molar-refractivity contribution in [2.45, 2.75) is 20.0 Å². The topological polar surface area (TPSA) is 40.0 Å².